The average molecular weight is 549 g/mol. The highest BCUT2D eigenvalue weighted by atomic mass is 16.5. The molecule has 0 saturated heterocycles. The Bertz CT molecular complexity index is 1020. The number of hydrogen-bond acceptors (Lipinski definition) is 4. The van der Waals surface area contributed by atoms with Crippen LogP contribution in [0, 0.1) is 23.7 Å². The number of aryl methyl sites for hydroxylation is 1. The standard InChI is InChI=1S/C33H48O3.C3H4O/c1-3-10-25-14-16-26(17-15-25)27-18-20-29(21-19-27)33(34)36-32-23-22-28(11-6-4-5-9-24-35-2)30-12-7-8-13-31(30)32;1-2-3-4/h7-8,12-13,22-23,25-27,29H,3-6,9-11,14-21,24H2,1-2H3;2-3H,1H2. The third-order valence-corrected chi connectivity index (χ3v) is 9.19. The molecule has 4 rings (SSSR count). The maximum atomic E-state index is 13.2. The van der Waals surface area contributed by atoms with Gasteiger partial charge in [-0.2, -0.15) is 0 Å². The predicted octanol–water partition coefficient (Wildman–Crippen LogP) is 9.28. The molecule has 4 nitrogen and oxygen atoms in total. The normalized spacial score (nSPS) is 22.6. The topological polar surface area (TPSA) is 52.6 Å². The zero-order valence-corrected chi connectivity index (χ0v) is 25.1. The maximum Gasteiger partial charge on any atom is 0.314 e. The van der Waals surface area contributed by atoms with Gasteiger partial charge in [0.2, 0.25) is 0 Å². The third-order valence-electron chi connectivity index (χ3n) is 9.19. The Balaban J connectivity index is 0.00000103. The fraction of sp³-hybridized carbons (Fsp3) is 0.611. The predicted molar refractivity (Wildman–Crippen MR) is 166 cm³/mol. The van der Waals surface area contributed by atoms with Gasteiger partial charge in [-0.25, -0.2) is 0 Å². The summed E-state index contributed by atoms with van der Waals surface area (Å²) in [4.78, 5) is 22.2. The number of allylic oxidation sites excluding steroid dienone is 1. The SMILES string of the molecule is C=CC=O.CCCC1CCC(C2CCC(C(=O)Oc3ccc(CCCCCCOC)c4ccccc34)CC2)CC1. The fourth-order valence-electron chi connectivity index (χ4n) is 6.93. The molecule has 40 heavy (non-hydrogen) atoms. The van der Waals surface area contributed by atoms with Crippen molar-refractivity contribution in [3.05, 3.63) is 54.6 Å². The maximum absolute atomic E-state index is 13.2. The number of unbranched alkanes of at least 4 members (excludes halogenated alkanes) is 3. The van der Waals surface area contributed by atoms with Crippen LogP contribution in [0.25, 0.3) is 10.8 Å². The Morgan fingerprint density at radius 1 is 0.875 bits per heavy atom. The van der Waals surface area contributed by atoms with E-state index in [1.54, 1.807) is 7.11 Å². The van der Waals surface area contributed by atoms with E-state index in [4.69, 9.17) is 14.3 Å². The molecule has 0 aliphatic heterocycles. The minimum Gasteiger partial charge on any atom is -0.426 e. The lowest BCUT2D eigenvalue weighted by atomic mass is 9.69. The average Bonchev–Trinajstić information content (AvgIpc) is 3.00. The van der Waals surface area contributed by atoms with E-state index in [0.29, 0.717) is 6.29 Å². The van der Waals surface area contributed by atoms with Gasteiger partial charge in [0.05, 0.1) is 5.92 Å². The Morgan fingerprint density at radius 3 is 2.12 bits per heavy atom. The van der Waals surface area contributed by atoms with Gasteiger partial charge < -0.3 is 9.47 Å². The second-order valence-electron chi connectivity index (χ2n) is 11.9. The van der Waals surface area contributed by atoms with E-state index >= 15 is 0 Å². The van der Waals surface area contributed by atoms with Crippen molar-refractivity contribution in [3.8, 4) is 5.75 Å². The lowest BCUT2D eigenvalue weighted by Gasteiger charge is -2.37. The van der Waals surface area contributed by atoms with Crippen LogP contribution in [0.3, 0.4) is 0 Å². The monoisotopic (exact) mass is 548 g/mol. The first-order valence-electron chi connectivity index (χ1n) is 15.9. The van der Waals surface area contributed by atoms with E-state index in [9.17, 15) is 4.79 Å². The second kappa shape index (κ2) is 18.1. The van der Waals surface area contributed by atoms with Crippen molar-refractivity contribution in [2.45, 2.75) is 103 Å². The van der Waals surface area contributed by atoms with E-state index in [-0.39, 0.29) is 11.9 Å². The number of ether oxygens (including phenoxy) is 2. The molecule has 0 amide bonds. The zero-order valence-electron chi connectivity index (χ0n) is 25.1. The van der Waals surface area contributed by atoms with Gasteiger partial charge in [0, 0.05) is 19.1 Å². The molecule has 0 radical (unpaired) electrons. The summed E-state index contributed by atoms with van der Waals surface area (Å²) in [5, 5.41) is 2.29. The first kappa shape index (κ1) is 32.1. The number of benzene rings is 2. The molecule has 220 valence electrons. The zero-order chi connectivity index (χ0) is 28.6. The van der Waals surface area contributed by atoms with Gasteiger partial charge in [-0.15, -0.1) is 0 Å². The molecule has 4 heteroatoms. The van der Waals surface area contributed by atoms with Crippen molar-refractivity contribution < 1.29 is 19.1 Å². The van der Waals surface area contributed by atoms with Gasteiger partial charge in [-0.05, 0) is 98.6 Å². The molecule has 2 aliphatic carbocycles. The molecule has 2 aliphatic rings. The first-order valence-corrected chi connectivity index (χ1v) is 15.9. The summed E-state index contributed by atoms with van der Waals surface area (Å²) in [6.45, 7) is 6.28. The molecule has 2 fully saturated rings. The third kappa shape index (κ3) is 9.87. The quantitative estimate of drug-likeness (QED) is 0.0823. The Kier molecular flexibility index (Phi) is 14.5. The molecule has 0 bridgehead atoms. The van der Waals surface area contributed by atoms with Crippen LogP contribution in [-0.2, 0) is 20.7 Å². The van der Waals surface area contributed by atoms with Crippen molar-refractivity contribution in [2.75, 3.05) is 13.7 Å². The van der Waals surface area contributed by atoms with E-state index in [1.165, 1.54) is 87.7 Å². The van der Waals surface area contributed by atoms with Gasteiger partial charge >= 0.3 is 5.97 Å². The van der Waals surface area contributed by atoms with Gasteiger partial charge in [-0.1, -0.05) is 82.4 Å². The molecule has 0 heterocycles. The van der Waals surface area contributed by atoms with Crippen LogP contribution >= 0.6 is 0 Å². The second-order valence-corrected chi connectivity index (χ2v) is 11.9. The van der Waals surface area contributed by atoms with Crippen molar-refractivity contribution in [1.82, 2.24) is 0 Å². The van der Waals surface area contributed by atoms with Gasteiger partial charge in [0.1, 0.15) is 12.0 Å². The molecule has 0 aromatic heterocycles. The highest BCUT2D eigenvalue weighted by molar-refractivity contribution is 5.93. The Hall–Kier alpha value is -2.46. The molecule has 2 saturated carbocycles. The summed E-state index contributed by atoms with van der Waals surface area (Å²) in [7, 11) is 1.77. The molecule has 0 spiro atoms. The highest BCUT2D eigenvalue weighted by Crippen LogP contribution is 2.42. The number of fused-ring (bicyclic) bond motifs is 1. The summed E-state index contributed by atoms with van der Waals surface area (Å²) in [5.41, 5.74) is 1.35. The summed E-state index contributed by atoms with van der Waals surface area (Å²) in [6.07, 6.45) is 20.5. The Morgan fingerprint density at radius 2 is 1.50 bits per heavy atom. The van der Waals surface area contributed by atoms with Crippen LogP contribution in [0.2, 0.25) is 0 Å². The molecular formula is C36H52O4. The minimum absolute atomic E-state index is 0.0175. The van der Waals surface area contributed by atoms with Gasteiger partial charge in [0.15, 0.2) is 0 Å². The van der Waals surface area contributed by atoms with Crippen molar-refractivity contribution >= 4 is 23.0 Å². The molecule has 0 atom stereocenters. The largest absolute Gasteiger partial charge is 0.426 e. The first-order chi connectivity index (χ1) is 19.6. The number of esters is 1. The molecule has 2 aromatic carbocycles. The van der Waals surface area contributed by atoms with Crippen LogP contribution in [-0.4, -0.2) is 26.0 Å². The number of carbonyl (C=O) groups excluding carboxylic acids is 2. The summed E-state index contributed by atoms with van der Waals surface area (Å²) in [6, 6.07) is 12.6. The Labute approximate surface area is 242 Å². The fourth-order valence-corrected chi connectivity index (χ4v) is 6.93. The number of hydrogen-bond donors (Lipinski definition) is 0. The van der Waals surface area contributed by atoms with Gasteiger partial charge in [0.25, 0.3) is 0 Å². The highest BCUT2D eigenvalue weighted by Gasteiger charge is 2.33. The van der Waals surface area contributed by atoms with Crippen LogP contribution in [0.1, 0.15) is 102 Å². The van der Waals surface area contributed by atoms with E-state index in [0.717, 1.165) is 61.2 Å². The molecular weight excluding hydrogens is 496 g/mol. The van der Waals surface area contributed by atoms with Crippen LogP contribution in [0.15, 0.2) is 49.1 Å². The van der Waals surface area contributed by atoms with Gasteiger partial charge in [-0.3, -0.25) is 9.59 Å². The van der Waals surface area contributed by atoms with E-state index in [2.05, 4.69) is 43.8 Å². The number of carbonyl (C=O) groups is 2. The number of aldehydes is 1. The summed E-state index contributed by atoms with van der Waals surface area (Å²) < 4.78 is 11.2. The summed E-state index contributed by atoms with van der Waals surface area (Å²) in [5.74, 6) is 3.47. The van der Waals surface area contributed by atoms with Crippen LogP contribution in [0.4, 0.5) is 0 Å². The summed E-state index contributed by atoms with van der Waals surface area (Å²) >= 11 is 0. The number of methoxy groups -OCH3 is 1. The number of rotatable bonds is 13. The van der Waals surface area contributed by atoms with Crippen LogP contribution in [0.5, 0.6) is 5.75 Å². The minimum atomic E-state index is -0.0175. The molecule has 0 N–H and O–H groups in total. The van der Waals surface area contributed by atoms with E-state index < -0.39 is 0 Å². The lowest BCUT2D eigenvalue weighted by Crippen LogP contribution is -2.30. The lowest BCUT2D eigenvalue weighted by molar-refractivity contribution is -0.140. The van der Waals surface area contributed by atoms with Crippen LogP contribution < -0.4 is 4.74 Å². The van der Waals surface area contributed by atoms with Crippen molar-refractivity contribution in [1.29, 1.82) is 0 Å². The molecule has 2 aromatic rings. The van der Waals surface area contributed by atoms with Crippen molar-refractivity contribution in [3.63, 3.8) is 0 Å². The van der Waals surface area contributed by atoms with Crippen molar-refractivity contribution in [2.24, 2.45) is 23.7 Å². The van der Waals surface area contributed by atoms with E-state index in [1.807, 2.05) is 6.07 Å². The molecule has 0 unspecified atom stereocenters. The smallest absolute Gasteiger partial charge is 0.314 e.